The van der Waals surface area contributed by atoms with E-state index in [2.05, 4.69) is 9.30 Å². The van der Waals surface area contributed by atoms with Crippen molar-refractivity contribution < 1.29 is 16.8 Å². The van der Waals surface area contributed by atoms with Gasteiger partial charge in [0.2, 0.25) is 10.0 Å². The SMILES string of the molecule is Cc1ccc(S(=O)(=O)N=C(CN2CCCCC2)N2CCCN(S(=O)(=O)c3ccc(C)cc3)C2C(C)C)cc1. The zero-order valence-corrected chi connectivity index (χ0v) is 24.5. The van der Waals surface area contributed by atoms with Crippen LogP contribution >= 0.6 is 0 Å². The summed E-state index contributed by atoms with van der Waals surface area (Å²) in [5, 5.41) is 0. The van der Waals surface area contributed by atoms with Crippen molar-refractivity contribution in [3.63, 3.8) is 0 Å². The second kappa shape index (κ2) is 11.9. The van der Waals surface area contributed by atoms with Gasteiger partial charge in [-0.1, -0.05) is 55.7 Å². The van der Waals surface area contributed by atoms with Gasteiger partial charge in [0.15, 0.2) is 0 Å². The largest absolute Gasteiger partial charge is 0.341 e. The van der Waals surface area contributed by atoms with E-state index in [1.165, 1.54) is 4.31 Å². The van der Waals surface area contributed by atoms with E-state index in [4.69, 9.17) is 0 Å². The summed E-state index contributed by atoms with van der Waals surface area (Å²) in [5.41, 5.74) is 1.95. The molecule has 0 bridgehead atoms. The van der Waals surface area contributed by atoms with Crippen LogP contribution < -0.4 is 0 Å². The summed E-state index contributed by atoms with van der Waals surface area (Å²) in [6.45, 7) is 10.8. The highest BCUT2D eigenvalue weighted by Crippen LogP contribution is 2.29. The summed E-state index contributed by atoms with van der Waals surface area (Å²) >= 11 is 0. The van der Waals surface area contributed by atoms with E-state index in [1.807, 2.05) is 32.6 Å². The maximum Gasteiger partial charge on any atom is 0.283 e. The van der Waals surface area contributed by atoms with E-state index < -0.39 is 26.2 Å². The number of aryl methyl sites for hydroxylation is 2. The molecule has 0 aromatic heterocycles. The van der Waals surface area contributed by atoms with Gasteiger partial charge in [0.05, 0.1) is 22.5 Å². The first-order chi connectivity index (χ1) is 18.0. The topological polar surface area (TPSA) is 90.4 Å². The molecule has 2 aromatic carbocycles. The van der Waals surface area contributed by atoms with Gasteiger partial charge >= 0.3 is 0 Å². The van der Waals surface area contributed by atoms with E-state index in [1.54, 1.807) is 48.5 Å². The Balaban J connectivity index is 1.76. The molecule has 2 aliphatic rings. The Labute approximate surface area is 228 Å². The third-order valence-corrected chi connectivity index (χ3v) is 10.5. The number of benzene rings is 2. The van der Waals surface area contributed by atoms with Crippen molar-refractivity contribution in [3.8, 4) is 0 Å². The number of amidine groups is 1. The summed E-state index contributed by atoms with van der Waals surface area (Å²) < 4.78 is 60.6. The molecule has 2 saturated heterocycles. The molecule has 0 saturated carbocycles. The van der Waals surface area contributed by atoms with E-state index in [0.29, 0.717) is 31.9 Å². The number of sulfonamides is 2. The van der Waals surface area contributed by atoms with Crippen molar-refractivity contribution in [2.24, 2.45) is 10.3 Å². The highest BCUT2D eigenvalue weighted by Gasteiger charge is 2.41. The number of likely N-dealkylation sites (tertiary alicyclic amines) is 1. The fourth-order valence-electron chi connectivity index (χ4n) is 5.29. The van der Waals surface area contributed by atoms with Gasteiger partial charge < -0.3 is 4.90 Å². The maximum atomic E-state index is 13.8. The molecular formula is C28H40N4O4S2. The number of hydrogen-bond acceptors (Lipinski definition) is 5. The minimum Gasteiger partial charge on any atom is -0.341 e. The van der Waals surface area contributed by atoms with Gasteiger partial charge in [0.1, 0.15) is 5.84 Å². The fraction of sp³-hybridized carbons (Fsp3) is 0.536. The first-order valence-corrected chi connectivity index (χ1v) is 16.3. The Bertz CT molecular complexity index is 1330. The molecule has 2 heterocycles. The third-order valence-electron chi connectivity index (χ3n) is 7.31. The molecule has 4 rings (SSSR count). The second-order valence-corrected chi connectivity index (χ2v) is 14.3. The first kappa shape index (κ1) is 28.7. The smallest absolute Gasteiger partial charge is 0.283 e. The van der Waals surface area contributed by atoms with Gasteiger partial charge in [0, 0.05) is 13.1 Å². The van der Waals surface area contributed by atoms with Crippen LogP contribution in [-0.4, -0.2) is 75.7 Å². The van der Waals surface area contributed by atoms with Gasteiger partial charge in [0.25, 0.3) is 10.0 Å². The van der Waals surface area contributed by atoms with Crippen molar-refractivity contribution in [1.82, 2.24) is 14.1 Å². The van der Waals surface area contributed by atoms with Crippen molar-refractivity contribution >= 4 is 25.9 Å². The predicted octanol–water partition coefficient (Wildman–Crippen LogP) is 4.26. The average Bonchev–Trinajstić information content (AvgIpc) is 2.89. The molecule has 0 spiro atoms. The summed E-state index contributed by atoms with van der Waals surface area (Å²) in [7, 11) is -7.78. The van der Waals surface area contributed by atoms with E-state index in [-0.39, 0.29) is 15.7 Å². The lowest BCUT2D eigenvalue weighted by Gasteiger charge is -2.47. The zero-order valence-electron chi connectivity index (χ0n) is 22.9. The summed E-state index contributed by atoms with van der Waals surface area (Å²) in [6, 6.07) is 13.6. The van der Waals surface area contributed by atoms with E-state index in [9.17, 15) is 16.8 Å². The minimum atomic E-state index is -3.98. The molecule has 0 amide bonds. The van der Waals surface area contributed by atoms with E-state index >= 15 is 0 Å². The highest BCUT2D eigenvalue weighted by molar-refractivity contribution is 7.90. The molecule has 1 unspecified atom stereocenters. The Kier molecular flexibility index (Phi) is 8.96. The normalized spacial score (nSPS) is 20.7. The quantitative estimate of drug-likeness (QED) is 0.371. The number of rotatable bonds is 7. The molecule has 208 valence electrons. The van der Waals surface area contributed by atoms with Gasteiger partial charge in [-0.05, 0) is 76.4 Å². The van der Waals surface area contributed by atoms with Crippen molar-refractivity contribution in [2.45, 2.75) is 69.3 Å². The predicted molar refractivity (Wildman–Crippen MR) is 151 cm³/mol. The lowest BCUT2D eigenvalue weighted by Crippen LogP contribution is -2.61. The number of hydrogen-bond donors (Lipinski definition) is 0. The van der Waals surface area contributed by atoms with Crippen molar-refractivity contribution in [2.75, 3.05) is 32.7 Å². The molecule has 0 N–H and O–H groups in total. The van der Waals surface area contributed by atoms with Crippen LogP contribution in [0.25, 0.3) is 0 Å². The summed E-state index contributed by atoms with van der Waals surface area (Å²) in [5.74, 6) is 0.319. The maximum absolute atomic E-state index is 13.8. The lowest BCUT2D eigenvalue weighted by molar-refractivity contribution is 0.0799. The molecule has 1 atom stereocenters. The third kappa shape index (κ3) is 6.47. The molecule has 0 radical (unpaired) electrons. The number of piperidine rings is 1. The molecule has 0 aliphatic carbocycles. The van der Waals surface area contributed by atoms with Crippen molar-refractivity contribution in [3.05, 3.63) is 59.7 Å². The van der Waals surface area contributed by atoms with Gasteiger partial charge in [-0.3, -0.25) is 4.90 Å². The summed E-state index contributed by atoms with van der Waals surface area (Å²) in [4.78, 5) is 4.55. The fourth-order valence-corrected chi connectivity index (χ4v) is 8.08. The Morgan fingerprint density at radius 2 is 1.34 bits per heavy atom. The van der Waals surface area contributed by atoms with E-state index in [0.717, 1.165) is 43.5 Å². The average molecular weight is 561 g/mol. The molecule has 2 aromatic rings. The van der Waals surface area contributed by atoms with Crippen LogP contribution in [-0.2, 0) is 20.0 Å². The Morgan fingerprint density at radius 1 is 0.789 bits per heavy atom. The lowest BCUT2D eigenvalue weighted by atomic mass is 10.1. The highest BCUT2D eigenvalue weighted by atomic mass is 32.2. The minimum absolute atomic E-state index is 0.0934. The molecule has 10 heteroatoms. The molecule has 2 fully saturated rings. The molecular weight excluding hydrogens is 520 g/mol. The van der Waals surface area contributed by atoms with Crippen molar-refractivity contribution in [1.29, 1.82) is 0 Å². The van der Waals surface area contributed by atoms with Gasteiger partial charge in [-0.15, -0.1) is 4.40 Å². The number of nitrogens with zero attached hydrogens (tertiary/aromatic N) is 4. The van der Waals surface area contributed by atoms with Crippen LogP contribution in [0.1, 0.15) is 50.7 Å². The van der Waals surface area contributed by atoms with Crippen LogP contribution in [0.5, 0.6) is 0 Å². The van der Waals surface area contributed by atoms with Crippen LogP contribution in [0.15, 0.2) is 62.7 Å². The molecule has 2 aliphatic heterocycles. The Morgan fingerprint density at radius 3 is 1.89 bits per heavy atom. The molecule has 38 heavy (non-hydrogen) atoms. The van der Waals surface area contributed by atoms with Crippen LogP contribution in [0.4, 0.5) is 0 Å². The van der Waals surface area contributed by atoms with Gasteiger partial charge in [-0.2, -0.15) is 12.7 Å². The van der Waals surface area contributed by atoms with Crippen LogP contribution in [0.3, 0.4) is 0 Å². The Hall–Kier alpha value is -2.27. The zero-order chi connectivity index (χ0) is 27.5. The van der Waals surface area contributed by atoms with Crippen LogP contribution in [0.2, 0.25) is 0 Å². The standard InChI is InChI=1S/C28H40N4O4S2/c1-22(2)28-31(19-8-20-32(28)38(35,36)26-15-11-24(4)12-16-26)27(21-30-17-6-5-7-18-30)29-37(33,34)25-13-9-23(3)10-14-25/h9-16,22,28H,5-8,17-21H2,1-4H3. The monoisotopic (exact) mass is 560 g/mol. The van der Waals surface area contributed by atoms with Gasteiger partial charge in [-0.25, -0.2) is 8.42 Å². The molecule has 8 nitrogen and oxygen atoms in total. The second-order valence-electron chi connectivity index (χ2n) is 10.8. The summed E-state index contributed by atoms with van der Waals surface area (Å²) in [6.07, 6.45) is 3.30. The first-order valence-electron chi connectivity index (χ1n) is 13.5. The van der Waals surface area contributed by atoms with Crippen LogP contribution in [0, 0.1) is 19.8 Å².